The topological polar surface area (TPSA) is 86.5 Å². The number of hydrazine groups is 1. The number of nitriles is 1. The number of ketones is 1. The summed E-state index contributed by atoms with van der Waals surface area (Å²) in [5.74, 6) is 0.540. The van der Waals surface area contributed by atoms with Gasteiger partial charge in [0.25, 0.3) is 0 Å². The van der Waals surface area contributed by atoms with Crippen molar-refractivity contribution in [2.75, 3.05) is 12.5 Å². The molecule has 6 heteroatoms. The number of amidine groups is 1. The van der Waals surface area contributed by atoms with E-state index in [4.69, 9.17) is 10.00 Å². The fourth-order valence-electron chi connectivity index (χ4n) is 1.82. The Hall–Kier alpha value is -3.33. The van der Waals surface area contributed by atoms with Crippen LogP contribution in [0, 0.1) is 11.3 Å². The molecule has 23 heavy (non-hydrogen) atoms. The summed E-state index contributed by atoms with van der Waals surface area (Å²) >= 11 is 0. The summed E-state index contributed by atoms with van der Waals surface area (Å²) < 4.78 is 5.13. The molecule has 6 nitrogen and oxygen atoms in total. The Labute approximate surface area is 134 Å². The van der Waals surface area contributed by atoms with Crippen LogP contribution in [-0.2, 0) is 4.79 Å². The first-order valence-electron chi connectivity index (χ1n) is 6.89. The van der Waals surface area contributed by atoms with Crippen LogP contribution in [0.1, 0.15) is 12.5 Å². The predicted molar refractivity (Wildman–Crippen MR) is 88.7 cm³/mol. The second-order valence-corrected chi connectivity index (χ2v) is 4.63. The lowest BCUT2D eigenvalue weighted by atomic mass is 10.2. The van der Waals surface area contributed by atoms with E-state index in [1.54, 1.807) is 55.6 Å². The molecule has 2 aromatic rings. The number of hydrogen-bond acceptors (Lipinski definition) is 5. The molecule has 0 amide bonds. The summed E-state index contributed by atoms with van der Waals surface area (Å²) in [6.07, 6.45) is 0. The molecule has 0 radical (unpaired) electrons. The summed E-state index contributed by atoms with van der Waals surface area (Å²) in [7, 11) is 1.56. The Balaban J connectivity index is 2.20. The molecule has 0 fully saturated rings. The van der Waals surface area contributed by atoms with Crippen molar-refractivity contribution >= 4 is 23.0 Å². The van der Waals surface area contributed by atoms with Gasteiger partial charge < -0.3 is 4.74 Å². The lowest BCUT2D eigenvalue weighted by Crippen LogP contribution is -2.34. The molecular formula is C17H16N4O2. The summed E-state index contributed by atoms with van der Waals surface area (Å²) in [6, 6.07) is 16.1. The van der Waals surface area contributed by atoms with Gasteiger partial charge in [0.2, 0.25) is 0 Å². The lowest BCUT2D eigenvalue weighted by Gasteiger charge is -2.11. The number of carbonyl (C=O) groups excluding carboxylic acids is 1. The molecule has 0 atom stereocenters. The van der Waals surface area contributed by atoms with Crippen LogP contribution in [0.2, 0.25) is 0 Å². The molecule has 0 unspecified atom stereocenters. The summed E-state index contributed by atoms with van der Waals surface area (Å²) in [6.45, 7) is 1.41. The Morgan fingerprint density at radius 1 is 1.22 bits per heavy atom. The van der Waals surface area contributed by atoms with Gasteiger partial charge in [-0.25, -0.2) is 4.99 Å². The highest BCUT2D eigenvalue weighted by atomic mass is 16.5. The fraction of sp³-hybridized carbons (Fsp3) is 0.118. The number of aliphatic imine (C=N–C) groups is 1. The van der Waals surface area contributed by atoms with E-state index in [2.05, 4.69) is 21.9 Å². The molecule has 0 heterocycles. The molecule has 0 bridgehead atoms. The van der Waals surface area contributed by atoms with Gasteiger partial charge in [0.15, 0.2) is 11.6 Å². The van der Waals surface area contributed by atoms with Crippen LogP contribution in [0.5, 0.6) is 5.75 Å². The highest BCUT2D eigenvalue weighted by molar-refractivity contribution is 6.38. The number of para-hydroxylation sites is 1. The van der Waals surface area contributed by atoms with E-state index >= 15 is 0 Å². The third-order valence-electron chi connectivity index (χ3n) is 2.99. The molecular weight excluding hydrogens is 292 g/mol. The fourth-order valence-corrected chi connectivity index (χ4v) is 1.82. The van der Waals surface area contributed by atoms with Gasteiger partial charge in [0, 0.05) is 13.0 Å². The van der Waals surface area contributed by atoms with E-state index < -0.39 is 0 Å². The van der Waals surface area contributed by atoms with Gasteiger partial charge in [0.1, 0.15) is 11.8 Å². The molecule has 0 aliphatic rings. The monoisotopic (exact) mass is 308 g/mol. The van der Waals surface area contributed by atoms with Crippen LogP contribution in [-0.4, -0.2) is 18.7 Å². The molecule has 0 aliphatic heterocycles. The minimum Gasteiger partial charge on any atom is -0.497 e. The number of Topliss-reactive ketones (excluding diaryl/α,β-unsaturated/α-hetero) is 1. The smallest absolute Gasteiger partial charge is 0.196 e. The van der Waals surface area contributed by atoms with Gasteiger partial charge in [-0.1, -0.05) is 18.2 Å². The first kappa shape index (κ1) is 16.0. The van der Waals surface area contributed by atoms with E-state index in [1.807, 2.05) is 0 Å². The molecule has 0 saturated carbocycles. The van der Waals surface area contributed by atoms with E-state index in [0.29, 0.717) is 22.7 Å². The van der Waals surface area contributed by atoms with Crippen molar-refractivity contribution in [2.24, 2.45) is 4.99 Å². The number of rotatable bonds is 5. The molecule has 0 saturated heterocycles. The number of hydrogen-bond donors (Lipinski definition) is 2. The summed E-state index contributed by atoms with van der Waals surface area (Å²) in [4.78, 5) is 16.0. The standard InChI is InChI=1S/C17H16N4O2/c1-12(22)17(19-14-7-5-8-15(10-14)23-2)21-20-16-9-4-3-6-13(16)11-18/h3-10,20H,1-2H3,(H,19,21). The maximum absolute atomic E-state index is 11.7. The SMILES string of the molecule is COc1cccc(N=C(NNc2ccccc2C#N)C(C)=O)c1. The molecule has 2 N–H and O–H groups in total. The van der Waals surface area contributed by atoms with Gasteiger partial charge in [-0.15, -0.1) is 0 Å². The number of ether oxygens (including phenoxy) is 1. The van der Waals surface area contributed by atoms with E-state index in [9.17, 15) is 4.79 Å². The third-order valence-corrected chi connectivity index (χ3v) is 2.99. The maximum Gasteiger partial charge on any atom is 0.196 e. The van der Waals surface area contributed by atoms with Crippen molar-refractivity contribution < 1.29 is 9.53 Å². The van der Waals surface area contributed by atoms with Crippen molar-refractivity contribution in [3.8, 4) is 11.8 Å². The average molecular weight is 308 g/mol. The lowest BCUT2D eigenvalue weighted by molar-refractivity contribution is -0.111. The molecule has 116 valence electrons. The van der Waals surface area contributed by atoms with Crippen LogP contribution in [0.3, 0.4) is 0 Å². The van der Waals surface area contributed by atoms with Gasteiger partial charge in [-0.3, -0.25) is 15.6 Å². The van der Waals surface area contributed by atoms with Crippen LogP contribution in [0.4, 0.5) is 11.4 Å². The second-order valence-electron chi connectivity index (χ2n) is 4.63. The number of nitrogens with one attached hydrogen (secondary N) is 2. The minimum absolute atomic E-state index is 0.131. The first-order chi connectivity index (χ1) is 11.1. The molecule has 0 aliphatic carbocycles. The van der Waals surface area contributed by atoms with Crippen molar-refractivity contribution in [3.05, 3.63) is 54.1 Å². The normalized spacial score (nSPS) is 10.6. The van der Waals surface area contributed by atoms with E-state index in [1.165, 1.54) is 6.92 Å². The van der Waals surface area contributed by atoms with Crippen LogP contribution in [0.25, 0.3) is 0 Å². The van der Waals surface area contributed by atoms with Crippen molar-refractivity contribution in [1.29, 1.82) is 5.26 Å². The maximum atomic E-state index is 11.7. The zero-order valence-electron chi connectivity index (χ0n) is 12.8. The van der Waals surface area contributed by atoms with E-state index in [-0.39, 0.29) is 11.6 Å². The van der Waals surface area contributed by atoms with Crippen molar-refractivity contribution in [1.82, 2.24) is 5.43 Å². The third kappa shape index (κ3) is 4.32. The Morgan fingerprint density at radius 3 is 2.70 bits per heavy atom. The Bertz CT molecular complexity index is 778. The highest BCUT2D eigenvalue weighted by Gasteiger charge is 2.07. The Kier molecular flexibility index (Phi) is 5.31. The minimum atomic E-state index is -0.241. The van der Waals surface area contributed by atoms with Crippen LogP contribution < -0.4 is 15.6 Å². The molecule has 0 spiro atoms. The van der Waals surface area contributed by atoms with Crippen molar-refractivity contribution in [2.45, 2.75) is 6.92 Å². The average Bonchev–Trinajstić information content (AvgIpc) is 2.58. The van der Waals surface area contributed by atoms with Gasteiger partial charge >= 0.3 is 0 Å². The zero-order chi connectivity index (χ0) is 16.7. The van der Waals surface area contributed by atoms with E-state index in [0.717, 1.165) is 0 Å². The number of anilines is 1. The number of nitrogens with zero attached hydrogens (tertiary/aromatic N) is 2. The van der Waals surface area contributed by atoms with Gasteiger partial charge in [-0.2, -0.15) is 5.26 Å². The van der Waals surface area contributed by atoms with Crippen molar-refractivity contribution in [3.63, 3.8) is 0 Å². The molecule has 2 rings (SSSR count). The number of methoxy groups -OCH3 is 1. The zero-order valence-corrected chi connectivity index (χ0v) is 12.8. The van der Waals surface area contributed by atoms with Gasteiger partial charge in [0.05, 0.1) is 24.0 Å². The predicted octanol–water partition coefficient (Wildman–Crippen LogP) is 2.80. The van der Waals surface area contributed by atoms with Crippen LogP contribution in [0.15, 0.2) is 53.5 Å². The highest BCUT2D eigenvalue weighted by Crippen LogP contribution is 2.19. The Morgan fingerprint density at radius 2 is 2.00 bits per heavy atom. The largest absolute Gasteiger partial charge is 0.497 e. The van der Waals surface area contributed by atoms with Crippen LogP contribution >= 0.6 is 0 Å². The number of benzene rings is 2. The second kappa shape index (κ2) is 7.61. The summed E-state index contributed by atoms with van der Waals surface area (Å²) in [5.41, 5.74) is 7.20. The van der Waals surface area contributed by atoms with Gasteiger partial charge in [-0.05, 0) is 24.3 Å². The summed E-state index contributed by atoms with van der Waals surface area (Å²) in [5, 5.41) is 9.06. The first-order valence-corrected chi connectivity index (χ1v) is 6.89. The number of carbonyl (C=O) groups is 1. The quantitative estimate of drug-likeness (QED) is 0.504. The molecule has 0 aromatic heterocycles. The molecule has 2 aromatic carbocycles.